The molecule has 1 fully saturated rings. The fourth-order valence-corrected chi connectivity index (χ4v) is 5.94. The standard InChI is InChI=1S/C27H28FN3O3S/c28-22-10-13-25-26(29-34-27(25)19-22)7-4-16-31-17-14-23(15-18-31)30-35(32,33)24-11-8-21(9-12-24)20-5-2-1-3-6-20/h1-3,5-6,8-13,19,23,30H,4,7,14-18H2. The first kappa shape index (κ1) is 23.7. The molecular weight excluding hydrogens is 465 g/mol. The van der Waals surface area contributed by atoms with E-state index in [1.807, 2.05) is 42.5 Å². The van der Waals surface area contributed by atoms with Crippen LogP contribution in [0.3, 0.4) is 0 Å². The van der Waals surface area contributed by atoms with E-state index >= 15 is 0 Å². The van der Waals surface area contributed by atoms with Crippen LogP contribution in [0.1, 0.15) is 25.0 Å². The Labute approximate surface area is 204 Å². The molecule has 4 aromatic rings. The third-order valence-electron chi connectivity index (χ3n) is 6.58. The summed E-state index contributed by atoms with van der Waals surface area (Å²) in [5.74, 6) is -0.331. The van der Waals surface area contributed by atoms with Crippen molar-refractivity contribution < 1.29 is 17.3 Å². The number of piperidine rings is 1. The molecule has 1 aliphatic rings. The molecule has 0 amide bonds. The van der Waals surface area contributed by atoms with Crippen LogP contribution in [0.15, 0.2) is 82.2 Å². The van der Waals surface area contributed by atoms with E-state index in [1.165, 1.54) is 12.1 Å². The van der Waals surface area contributed by atoms with Gasteiger partial charge in [0.25, 0.3) is 0 Å². The predicted octanol–water partition coefficient (Wildman–Crippen LogP) is 5.01. The minimum Gasteiger partial charge on any atom is -0.356 e. The van der Waals surface area contributed by atoms with Crippen molar-refractivity contribution in [2.24, 2.45) is 0 Å². The van der Waals surface area contributed by atoms with E-state index in [0.29, 0.717) is 10.5 Å². The van der Waals surface area contributed by atoms with Gasteiger partial charge in [0, 0.05) is 17.5 Å². The highest BCUT2D eigenvalue weighted by Crippen LogP contribution is 2.23. The van der Waals surface area contributed by atoms with Crippen molar-refractivity contribution in [2.75, 3.05) is 19.6 Å². The second-order valence-electron chi connectivity index (χ2n) is 9.00. The number of nitrogens with zero attached hydrogens (tertiary/aromatic N) is 2. The Morgan fingerprint density at radius 2 is 1.69 bits per heavy atom. The largest absolute Gasteiger partial charge is 0.356 e. The third kappa shape index (κ3) is 5.61. The van der Waals surface area contributed by atoms with Crippen LogP contribution in [-0.4, -0.2) is 44.2 Å². The van der Waals surface area contributed by atoms with Crippen LogP contribution in [0.5, 0.6) is 0 Å². The summed E-state index contributed by atoms with van der Waals surface area (Å²) < 4.78 is 47.2. The molecule has 0 unspecified atom stereocenters. The van der Waals surface area contributed by atoms with Crippen LogP contribution in [0.4, 0.5) is 4.39 Å². The molecule has 0 saturated carbocycles. The van der Waals surface area contributed by atoms with Crippen LogP contribution in [0.2, 0.25) is 0 Å². The molecule has 5 rings (SSSR count). The van der Waals surface area contributed by atoms with Crippen molar-refractivity contribution in [3.63, 3.8) is 0 Å². The van der Waals surface area contributed by atoms with Gasteiger partial charge in [-0.15, -0.1) is 0 Å². The SMILES string of the molecule is O=S(=O)(NC1CCN(CCCc2noc3cc(F)ccc23)CC1)c1ccc(-c2ccccc2)cc1. The molecule has 1 aliphatic heterocycles. The van der Waals surface area contributed by atoms with Crippen LogP contribution in [-0.2, 0) is 16.4 Å². The monoisotopic (exact) mass is 493 g/mol. The molecule has 2 heterocycles. The van der Waals surface area contributed by atoms with Gasteiger partial charge >= 0.3 is 0 Å². The van der Waals surface area contributed by atoms with Crippen molar-refractivity contribution in [1.82, 2.24) is 14.8 Å². The Hall–Kier alpha value is -3.07. The molecule has 0 bridgehead atoms. The Balaban J connectivity index is 1.10. The fraction of sp³-hybridized carbons (Fsp3) is 0.296. The summed E-state index contributed by atoms with van der Waals surface area (Å²) in [5, 5.41) is 4.94. The minimum absolute atomic E-state index is 0.0700. The molecule has 3 aromatic carbocycles. The fourth-order valence-electron chi connectivity index (χ4n) is 4.63. The number of hydrogen-bond donors (Lipinski definition) is 1. The van der Waals surface area contributed by atoms with Crippen LogP contribution < -0.4 is 4.72 Å². The Morgan fingerprint density at radius 1 is 0.971 bits per heavy atom. The number of rotatable bonds is 8. The number of aryl methyl sites for hydroxylation is 1. The molecule has 8 heteroatoms. The number of likely N-dealkylation sites (tertiary alicyclic amines) is 1. The summed E-state index contributed by atoms with van der Waals surface area (Å²) >= 11 is 0. The summed E-state index contributed by atoms with van der Waals surface area (Å²) in [6.45, 7) is 2.58. The zero-order valence-corrected chi connectivity index (χ0v) is 20.2. The Kier molecular flexibility index (Phi) is 6.95. The quantitative estimate of drug-likeness (QED) is 0.374. The van der Waals surface area contributed by atoms with Gasteiger partial charge in [0.15, 0.2) is 5.58 Å². The number of aromatic nitrogens is 1. The third-order valence-corrected chi connectivity index (χ3v) is 8.11. The average Bonchev–Trinajstić information content (AvgIpc) is 3.27. The number of hydrogen-bond acceptors (Lipinski definition) is 5. The predicted molar refractivity (Wildman–Crippen MR) is 134 cm³/mol. The first-order valence-electron chi connectivity index (χ1n) is 11.9. The molecule has 1 N–H and O–H groups in total. The molecule has 182 valence electrons. The van der Waals surface area contributed by atoms with Crippen molar-refractivity contribution >= 4 is 21.0 Å². The highest BCUT2D eigenvalue weighted by molar-refractivity contribution is 7.89. The van der Waals surface area contributed by atoms with Crippen molar-refractivity contribution in [3.8, 4) is 11.1 Å². The number of fused-ring (bicyclic) bond motifs is 1. The number of benzene rings is 3. The summed E-state index contributed by atoms with van der Waals surface area (Å²) in [4.78, 5) is 2.64. The average molecular weight is 494 g/mol. The summed E-state index contributed by atoms with van der Waals surface area (Å²) in [6, 6.07) is 21.4. The van der Waals surface area contributed by atoms with Gasteiger partial charge < -0.3 is 9.42 Å². The lowest BCUT2D eigenvalue weighted by Crippen LogP contribution is -2.44. The van der Waals surface area contributed by atoms with Gasteiger partial charge in [-0.3, -0.25) is 0 Å². The normalized spacial score (nSPS) is 15.6. The molecule has 1 saturated heterocycles. The maximum Gasteiger partial charge on any atom is 0.240 e. The van der Waals surface area contributed by atoms with E-state index in [1.54, 1.807) is 18.2 Å². The zero-order chi connectivity index (χ0) is 24.3. The van der Waals surface area contributed by atoms with Crippen molar-refractivity contribution in [3.05, 3.63) is 84.3 Å². The number of sulfonamides is 1. The van der Waals surface area contributed by atoms with Gasteiger partial charge in [0.1, 0.15) is 5.82 Å². The zero-order valence-electron chi connectivity index (χ0n) is 19.4. The maximum atomic E-state index is 13.3. The van der Waals surface area contributed by atoms with E-state index in [9.17, 15) is 12.8 Å². The summed E-state index contributed by atoms with van der Waals surface area (Å²) in [5.41, 5.74) is 3.37. The molecule has 0 radical (unpaired) electrons. The second kappa shape index (κ2) is 10.3. The maximum absolute atomic E-state index is 13.3. The molecule has 35 heavy (non-hydrogen) atoms. The Bertz CT molecular complexity index is 1380. The lowest BCUT2D eigenvalue weighted by molar-refractivity contribution is 0.205. The topological polar surface area (TPSA) is 75.4 Å². The van der Waals surface area contributed by atoms with Gasteiger partial charge in [-0.25, -0.2) is 17.5 Å². The van der Waals surface area contributed by atoms with Crippen molar-refractivity contribution in [2.45, 2.75) is 36.6 Å². The van der Waals surface area contributed by atoms with E-state index in [-0.39, 0.29) is 11.9 Å². The first-order valence-corrected chi connectivity index (χ1v) is 13.4. The van der Waals surface area contributed by atoms with Crippen molar-refractivity contribution in [1.29, 1.82) is 0 Å². The highest BCUT2D eigenvalue weighted by atomic mass is 32.2. The first-order chi connectivity index (χ1) is 17.0. The lowest BCUT2D eigenvalue weighted by atomic mass is 10.1. The van der Waals surface area contributed by atoms with Gasteiger partial charge in [-0.05, 0) is 80.7 Å². The molecular formula is C27H28FN3O3S. The highest BCUT2D eigenvalue weighted by Gasteiger charge is 2.24. The van der Waals surface area contributed by atoms with Gasteiger partial charge in [0.2, 0.25) is 10.0 Å². The molecule has 1 aromatic heterocycles. The van der Waals surface area contributed by atoms with Crippen LogP contribution in [0, 0.1) is 5.82 Å². The van der Waals surface area contributed by atoms with Gasteiger partial charge in [-0.2, -0.15) is 0 Å². The smallest absolute Gasteiger partial charge is 0.240 e. The minimum atomic E-state index is -3.56. The van der Waals surface area contributed by atoms with E-state index < -0.39 is 10.0 Å². The number of nitrogens with one attached hydrogen (secondary N) is 1. The van der Waals surface area contributed by atoms with Gasteiger partial charge in [0.05, 0.1) is 10.6 Å². The van der Waals surface area contributed by atoms with Gasteiger partial charge in [-0.1, -0.05) is 47.6 Å². The van der Waals surface area contributed by atoms with E-state index in [2.05, 4.69) is 14.8 Å². The lowest BCUT2D eigenvalue weighted by Gasteiger charge is -2.32. The van der Waals surface area contributed by atoms with E-state index in [4.69, 9.17) is 4.52 Å². The summed E-state index contributed by atoms with van der Waals surface area (Å²) in [6.07, 6.45) is 3.20. The van der Waals surface area contributed by atoms with Crippen LogP contribution >= 0.6 is 0 Å². The molecule has 0 atom stereocenters. The molecule has 6 nitrogen and oxygen atoms in total. The Morgan fingerprint density at radius 3 is 2.43 bits per heavy atom. The number of halogens is 1. The van der Waals surface area contributed by atoms with E-state index in [0.717, 1.165) is 67.5 Å². The van der Waals surface area contributed by atoms with Crippen LogP contribution in [0.25, 0.3) is 22.1 Å². The molecule has 0 spiro atoms. The second-order valence-corrected chi connectivity index (χ2v) is 10.7. The summed E-state index contributed by atoms with van der Waals surface area (Å²) in [7, 11) is -3.56. The molecule has 0 aliphatic carbocycles.